The van der Waals surface area contributed by atoms with Crippen LogP contribution in [-0.2, 0) is 9.59 Å². The molecule has 0 radical (unpaired) electrons. The van der Waals surface area contributed by atoms with E-state index < -0.39 is 11.9 Å². The quantitative estimate of drug-likeness (QED) is 0.333. The summed E-state index contributed by atoms with van der Waals surface area (Å²) in [6, 6.07) is 14.8. The van der Waals surface area contributed by atoms with E-state index in [1.807, 2.05) is 30.3 Å². The minimum Gasteiger partial charge on any atom is -0.481 e. The highest BCUT2D eigenvalue weighted by molar-refractivity contribution is 8.26. The van der Waals surface area contributed by atoms with Gasteiger partial charge in [-0.15, -0.1) is 0 Å². The fraction of sp³-hybridized carbons (Fsp3) is 0.0952. The molecule has 1 amide bonds. The zero-order valence-corrected chi connectivity index (χ0v) is 18.4. The predicted octanol–water partition coefficient (Wildman–Crippen LogP) is 3.52. The van der Waals surface area contributed by atoms with Crippen LogP contribution in [0.1, 0.15) is 12.0 Å². The van der Waals surface area contributed by atoms with E-state index in [1.54, 1.807) is 24.4 Å². The molecular weight excluding hydrogens is 454 g/mol. The number of pyridine rings is 1. The summed E-state index contributed by atoms with van der Waals surface area (Å²) >= 11 is 7.62. The Bertz CT molecular complexity index is 1290. The monoisotopic (exact) mass is 469 g/mol. The van der Waals surface area contributed by atoms with Gasteiger partial charge in [0.1, 0.15) is 15.0 Å². The number of nitrogens with zero attached hydrogens (tertiary/aromatic N) is 3. The van der Waals surface area contributed by atoms with E-state index in [9.17, 15) is 14.4 Å². The van der Waals surface area contributed by atoms with Gasteiger partial charge in [0.25, 0.3) is 11.5 Å². The summed E-state index contributed by atoms with van der Waals surface area (Å²) in [6.07, 6.45) is 2.91. The third kappa shape index (κ3) is 4.55. The number of hydrogen-bond acceptors (Lipinski definition) is 7. The molecule has 1 N–H and O–H groups in total. The highest BCUT2D eigenvalue weighted by Crippen LogP contribution is 2.35. The van der Waals surface area contributed by atoms with Crippen molar-refractivity contribution in [2.45, 2.75) is 16.3 Å². The number of hydrogen-bond donors (Lipinski definition) is 1. The summed E-state index contributed by atoms with van der Waals surface area (Å²) in [7, 11) is 0. The van der Waals surface area contributed by atoms with Crippen molar-refractivity contribution in [1.82, 2.24) is 14.3 Å². The van der Waals surface area contributed by atoms with Crippen LogP contribution in [0, 0.1) is 0 Å². The molecule has 10 heteroatoms. The van der Waals surface area contributed by atoms with Gasteiger partial charge >= 0.3 is 5.97 Å². The molecule has 1 aliphatic heterocycles. The van der Waals surface area contributed by atoms with Gasteiger partial charge in [0.2, 0.25) is 0 Å². The summed E-state index contributed by atoms with van der Waals surface area (Å²) in [6.45, 7) is -0.0160. The molecule has 0 saturated carbocycles. The van der Waals surface area contributed by atoms with Crippen LogP contribution in [0.5, 0.6) is 0 Å². The number of benzene rings is 1. The van der Waals surface area contributed by atoms with Crippen molar-refractivity contribution < 1.29 is 14.7 Å². The number of aliphatic carboxylic acids is 1. The summed E-state index contributed by atoms with van der Waals surface area (Å²) in [5.74, 6) is -1.43. The molecular formula is C21H15N3O4S3. The van der Waals surface area contributed by atoms with Crippen molar-refractivity contribution in [3.63, 3.8) is 0 Å². The highest BCUT2D eigenvalue weighted by Gasteiger charge is 2.32. The van der Waals surface area contributed by atoms with E-state index in [-0.39, 0.29) is 33.3 Å². The van der Waals surface area contributed by atoms with Crippen LogP contribution in [0.4, 0.5) is 0 Å². The number of fused-ring (bicyclic) bond motifs is 1. The molecule has 0 bridgehead atoms. The average molecular weight is 470 g/mol. The summed E-state index contributed by atoms with van der Waals surface area (Å²) in [4.78, 5) is 43.9. The second-order valence-electron chi connectivity index (χ2n) is 6.46. The Balaban J connectivity index is 1.79. The second-order valence-corrected chi connectivity index (χ2v) is 9.19. The first-order chi connectivity index (χ1) is 14.9. The second kappa shape index (κ2) is 9.04. The lowest BCUT2D eigenvalue weighted by atomic mass is 10.2. The molecule has 3 heterocycles. The van der Waals surface area contributed by atoms with Crippen LogP contribution in [0.25, 0.3) is 11.7 Å². The molecule has 0 atom stereocenters. The molecule has 0 spiro atoms. The normalized spacial score (nSPS) is 15.2. The van der Waals surface area contributed by atoms with Crippen molar-refractivity contribution in [2.75, 3.05) is 6.54 Å². The van der Waals surface area contributed by atoms with E-state index in [0.29, 0.717) is 10.7 Å². The van der Waals surface area contributed by atoms with Gasteiger partial charge < -0.3 is 5.11 Å². The van der Waals surface area contributed by atoms with E-state index in [2.05, 4.69) is 4.98 Å². The highest BCUT2D eigenvalue weighted by atomic mass is 32.2. The van der Waals surface area contributed by atoms with Crippen LogP contribution in [0.3, 0.4) is 0 Å². The van der Waals surface area contributed by atoms with Gasteiger partial charge in [0.15, 0.2) is 0 Å². The zero-order chi connectivity index (χ0) is 22.0. The Hall–Kier alpha value is -2.95. The Morgan fingerprint density at radius 2 is 1.90 bits per heavy atom. The van der Waals surface area contributed by atoms with Crippen LogP contribution in [0.2, 0.25) is 0 Å². The van der Waals surface area contributed by atoms with Gasteiger partial charge in [-0.3, -0.25) is 23.7 Å². The van der Waals surface area contributed by atoms with E-state index in [4.69, 9.17) is 17.3 Å². The molecule has 1 aliphatic rings. The molecule has 3 aromatic rings. The number of thiocarbonyl (C=S) groups is 1. The number of carboxylic acids is 1. The average Bonchev–Trinajstić information content (AvgIpc) is 3.02. The lowest BCUT2D eigenvalue weighted by molar-refractivity contribution is -0.137. The zero-order valence-electron chi connectivity index (χ0n) is 15.9. The molecule has 1 fully saturated rings. The van der Waals surface area contributed by atoms with Crippen molar-refractivity contribution >= 4 is 63.7 Å². The van der Waals surface area contributed by atoms with Gasteiger partial charge in [-0.2, -0.15) is 0 Å². The number of thioether (sulfide) groups is 1. The number of amides is 1. The Labute approximate surface area is 190 Å². The maximum absolute atomic E-state index is 13.2. The first-order valence-corrected chi connectivity index (χ1v) is 11.2. The SMILES string of the molecule is O=C(O)CCN1C(=O)C(=Cc2c(Sc3ccccc3)nc3ccccn3c2=O)SC1=S. The fourth-order valence-corrected chi connectivity index (χ4v) is 5.12. The van der Waals surface area contributed by atoms with Crippen molar-refractivity contribution in [3.8, 4) is 0 Å². The first kappa shape index (κ1) is 21.3. The van der Waals surface area contributed by atoms with Crippen molar-refractivity contribution in [3.05, 3.63) is 75.6 Å². The lowest BCUT2D eigenvalue weighted by Crippen LogP contribution is -2.30. The largest absolute Gasteiger partial charge is 0.481 e. The molecule has 31 heavy (non-hydrogen) atoms. The Morgan fingerprint density at radius 3 is 2.65 bits per heavy atom. The van der Waals surface area contributed by atoms with Gasteiger partial charge in [0, 0.05) is 17.6 Å². The smallest absolute Gasteiger partial charge is 0.305 e. The summed E-state index contributed by atoms with van der Waals surface area (Å²) in [5.41, 5.74) is 0.466. The van der Waals surface area contributed by atoms with E-state index in [1.165, 1.54) is 27.1 Å². The molecule has 0 aliphatic carbocycles. The minimum absolute atomic E-state index is 0.0160. The van der Waals surface area contributed by atoms with Gasteiger partial charge in [-0.1, -0.05) is 60.0 Å². The number of carbonyl (C=O) groups is 2. The number of rotatable bonds is 6. The lowest BCUT2D eigenvalue weighted by Gasteiger charge is -2.12. The number of carboxylic acid groups (broad SMARTS) is 1. The predicted molar refractivity (Wildman–Crippen MR) is 124 cm³/mol. The Morgan fingerprint density at radius 1 is 1.16 bits per heavy atom. The fourth-order valence-electron chi connectivity index (χ4n) is 2.92. The molecule has 156 valence electrons. The summed E-state index contributed by atoms with van der Waals surface area (Å²) < 4.78 is 1.69. The molecule has 2 aromatic heterocycles. The van der Waals surface area contributed by atoms with Crippen LogP contribution in [-0.4, -0.2) is 42.1 Å². The number of carbonyl (C=O) groups excluding carboxylic acids is 1. The van der Waals surface area contributed by atoms with Gasteiger partial charge in [0.05, 0.1) is 16.9 Å². The standard InChI is InChI=1S/C21H15N3O4S3/c25-17(26)9-11-24-20(28)15(31-21(24)29)12-14-18(30-13-6-2-1-3-7-13)22-16-8-4-5-10-23(16)19(14)27/h1-8,10,12H,9,11H2,(H,25,26). The van der Waals surface area contributed by atoms with Gasteiger partial charge in [-0.25, -0.2) is 4.98 Å². The molecule has 1 saturated heterocycles. The van der Waals surface area contributed by atoms with E-state index in [0.717, 1.165) is 16.7 Å². The maximum atomic E-state index is 13.2. The molecule has 7 nitrogen and oxygen atoms in total. The molecule has 0 unspecified atom stereocenters. The van der Waals surface area contributed by atoms with Crippen LogP contribution < -0.4 is 5.56 Å². The van der Waals surface area contributed by atoms with Gasteiger partial charge in [-0.05, 0) is 30.3 Å². The molecule has 1 aromatic carbocycles. The Kier molecular flexibility index (Phi) is 6.21. The van der Waals surface area contributed by atoms with Crippen molar-refractivity contribution in [1.29, 1.82) is 0 Å². The topological polar surface area (TPSA) is 92.0 Å². The first-order valence-electron chi connectivity index (χ1n) is 9.15. The maximum Gasteiger partial charge on any atom is 0.305 e. The summed E-state index contributed by atoms with van der Waals surface area (Å²) in [5, 5.41) is 9.37. The van der Waals surface area contributed by atoms with Crippen molar-refractivity contribution in [2.24, 2.45) is 0 Å². The molecule has 4 rings (SSSR count). The third-order valence-corrected chi connectivity index (χ3v) is 6.78. The van der Waals surface area contributed by atoms with E-state index >= 15 is 0 Å². The van der Waals surface area contributed by atoms with Crippen LogP contribution >= 0.6 is 35.7 Å². The van der Waals surface area contributed by atoms with Crippen LogP contribution in [0.15, 0.2) is 74.3 Å². The number of aromatic nitrogens is 2. The minimum atomic E-state index is -1.02. The third-order valence-electron chi connectivity index (χ3n) is 4.39.